The van der Waals surface area contributed by atoms with Gasteiger partial charge in [-0.1, -0.05) is 13.2 Å². The summed E-state index contributed by atoms with van der Waals surface area (Å²) in [6.07, 6.45) is 0. The lowest BCUT2D eigenvalue weighted by molar-refractivity contribution is 0.475. The first kappa shape index (κ1) is 15.3. The minimum Gasteiger partial charge on any atom is -0.284 e. The largest absolute Gasteiger partial charge is 0.304 e. The molecule has 0 spiro atoms. The molecule has 0 aliphatic heterocycles. The van der Waals surface area contributed by atoms with E-state index in [4.69, 9.17) is 4.55 Å². The van der Waals surface area contributed by atoms with Crippen LogP contribution in [0.5, 0.6) is 0 Å². The zero-order chi connectivity index (χ0) is 13.4. The van der Waals surface area contributed by atoms with Gasteiger partial charge in [0, 0.05) is 17.7 Å². The summed E-state index contributed by atoms with van der Waals surface area (Å²) in [5.74, 6) is 0. The first-order chi connectivity index (χ1) is 6.87. The molecule has 0 amide bonds. The van der Waals surface area contributed by atoms with Gasteiger partial charge in [0.15, 0.2) is 0 Å². The van der Waals surface area contributed by atoms with Gasteiger partial charge >= 0.3 is 13.5 Å². The Kier molecular flexibility index (Phi) is 3.77. The smallest absolute Gasteiger partial charge is 0.284 e. The molecule has 0 saturated heterocycles. The Morgan fingerprint density at radius 1 is 0.875 bits per heavy atom. The molecule has 93 valence electrons. The minimum absolute atomic E-state index is 0.0782. The number of hydrogen-bond donors (Lipinski definition) is 1. The quantitative estimate of drug-likeness (QED) is 0.675. The van der Waals surface area contributed by atoms with Gasteiger partial charge in [0.05, 0.1) is 0 Å². The minimum atomic E-state index is -5.53. The molecule has 0 aliphatic carbocycles. The van der Waals surface area contributed by atoms with Crippen LogP contribution in [0.2, 0.25) is 0 Å². The molecule has 0 aromatic carbocycles. The highest BCUT2D eigenvalue weighted by Crippen LogP contribution is 2.32. The fourth-order valence-corrected chi connectivity index (χ4v) is 5.68. The fraction of sp³-hybridized carbons (Fsp3) is 0.167. The van der Waals surface area contributed by atoms with Crippen molar-refractivity contribution in [2.24, 2.45) is 0 Å². The standard InChI is InChI=1S/C6H9O7S3/c1-4-14(7,8)6(3,16(11,12)13)15(9,10)5-2/h4-5H,1-3H2,(H,11,12,13). The SMILES string of the molecule is [CH2]C(S(=O)(=O)O)(S(=O)(=O)C=C)S(=O)(=O)C=C. The van der Waals surface area contributed by atoms with Crippen molar-refractivity contribution < 1.29 is 29.8 Å². The second kappa shape index (κ2) is 3.95. The molecule has 0 rings (SSSR count). The Hall–Kier alpha value is -0.710. The summed E-state index contributed by atoms with van der Waals surface area (Å²) in [6.45, 7) is 8.08. The molecule has 1 N–H and O–H groups in total. The summed E-state index contributed by atoms with van der Waals surface area (Å²) in [6, 6.07) is 0. The first-order valence-corrected chi connectivity index (χ1v) is 7.97. The third-order valence-corrected chi connectivity index (χ3v) is 9.15. The van der Waals surface area contributed by atoms with E-state index in [0.29, 0.717) is 0 Å². The second-order valence-electron chi connectivity index (χ2n) is 2.58. The molecule has 0 fully saturated rings. The predicted molar refractivity (Wildman–Crippen MR) is 57.9 cm³/mol. The number of sulfone groups is 2. The molecule has 0 unspecified atom stereocenters. The highest BCUT2D eigenvalue weighted by Gasteiger charge is 2.59. The van der Waals surface area contributed by atoms with Crippen LogP contribution in [0, 0.1) is 6.92 Å². The molecule has 0 saturated carbocycles. The maximum Gasteiger partial charge on any atom is 0.304 e. The summed E-state index contributed by atoms with van der Waals surface area (Å²) >= 11 is 0. The van der Waals surface area contributed by atoms with Crippen molar-refractivity contribution in [3.8, 4) is 0 Å². The third-order valence-electron chi connectivity index (χ3n) is 1.70. The lowest BCUT2D eigenvalue weighted by Gasteiger charge is -2.21. The van der Waals surface area contributed by atoms with Gasteiger partial charge in [-0.15, -0.1) is 0 Å². The number of hydrogen-bond acceptors (Lipinski definition) is 6. The Balaban J connectivity index is 6.70. The van der Waals surface area contributed by atoms with Gasteiger partial charge in [0.25, 0.3) is 0 Å². The maximum absolute atomic E-state index is 11.3. The summed E-state index contributed by atoms with van der Waals surface area (Å²) in [4.78, 5) is 0. The molecular weight excluding hydrogens is 280 g/mol. The molecule has 16 heavy (non-hydrogen) atoms. The molecule has 10 heteroatoms. The number of rotatable bonds is 5. The molecule has 1 radical (unpaired) electrons. The third kappa shape index (κ3) is 1.93. The van der Waals surface area contributed by atoms with Crippen LogP contribution in [0.1, 0.15) is 0 Å². The zero-order valence-electron chi connectivity index (χ0n) is 7.90. The second-order valence-corrected chi connectivity index (χ2v) is 9.24. The van der Waals surface area contributed by atoms with Gasteiger partial charge < -0.3 is 0 Å². The summed E-state index contributed by atoms with van der Waals surface area (Å²) < 4.78 is 72.2. The van der Waals surface area contributed by atoms with Crippen LogP contribution >= 0.6 is 0 Å². The van der Waals surface area contributed by atoms with Crippen molar-refractivity contribution >= 4 is 29.8 Å². The van der Waals surface area contributed by atoms with Crippen LogP contribution in [0.3, 0.4) is 0 Å². The van der Waals surface area contributed by atoms with Crippen LogP contribution in [0.25, 0.3) is 0 Å². The van der Waals surface area contributed by atoms with Crippen LogP contribution in [-0.4, -0.2) is 33.2 Å². The highest BCUT2D eigenvalue weighted by molar-refractivity contribution is 8.26. The molecular formula is C6H9O7S3. The van der Waals surface area contributed by atoms with Crippen LogP contribution in [0.15, 0.2) is 24.0 Å². The van der Waals surface area contributed by atoms with Crippen molar-refractivity contribution in [3.63, 3.8) is 0 Å². The van der Waals surface area contributed by atoms with Crippen molar-refractivity contribution in [3.05, 3.63) is 30.9 Å². The van der Waals surface area contributed by atoms with E-state index in [2.05, 4.69) is 20.1 Å². The zero-order valence-corrected chi connectivity index (χ0v) is 10.3. The van der Waals surface area contributed by atoms with Crippen molar-refractivity contribution in [1.82, 2.24) is 0 Å². The van der Waals surface area contributed by atoms with Crippen molar-refractivity contribution in [1.29, 1.82) is 0 Å². The van der Waals surface area contributed by atoms with E-state index in [1.165, 1.54) is 0 Å². The van der Waals surface area contributed by atoms with E-state index in [-0.39, 0.29) is 10.8 Å². The van der Waals surface area contributed by atoms with Crippen LogP contribution in [-0.2, 0) is 29.8 Å². The molecule has 0 bridgehead atoms. The van der Waals surface area contributed by atoms with Gasteiger partial charge in [0.1, 0.15) is 0 Å². The predicted octanol–water partition coefficient (Wildman–Crippen LogP) is -0.521. The summed E-state index contributed by atoms with van der Waals surface area (Å²) in [7, 11) is -15.4. The van der Waals surface area contributed by atoms with E-state index >= 15 is 0 Å². The lowest BCUT2D eigenvalue weighted by atomic mass is 10.9. The van der Waals surface area contributed by atoms with Gasteiger partial charge in [-0.05, 0) is 0 Å². The Labute approximate surface area is 94.1 Å². The molecule has 0 heterocycles. The average molecular weight is 289 g/mol. The van der Waals surface area contributed by atoms with E-state index < -0.39 is 33.2 Å². The van der Waals surface area contributed by atoms with Crippen molar-refractivity contribution in [2.75, 3.05) is 0 Å². The van der Waals surface area contributed by atoms with Gasteiger partial charge in [-0.3, -0.25) is 4.55 Å². The Bertz CT molecular complexity index is 567. The van der Waals surface area contributed by atoms with Crippen LogP contribution < -0.4 is 0 Å². The molecule has 0 aromatic heterocycles. The van der Waals surface area contributed by atoms with Gasteiger partial charge in [-0.25, -0.2) is 16.8 Å². The monoisotopic (exact) mass is 289 g/mol. The molecule has 7 nitrogen and oxygen atoms in total. The summed E-state index contributed by atoms with van der Waals surface area (Å²) in [5, 5.41) is 0.156. The topological polar surface area (TPSA) is 123 Å². The molecule has 0 atom stereocenters. The highest BCUT2D eigenvalue weighted by atomic mass is 32.3. The van der Waals surface area contributed by atoms with Gasteiger partial charge in [0.2, 0.25) is 19.7 Å². The van der Waals surface area contributed by atoms with Crippen LogP contribution in [0.4, 0.5) is 0 Å². The van der Waals surface area contributed by atoms with E-state index in [0.717, 1.165) is 0 Å². The molecule has 0 aromatic rings. The van der Waals surface area contributed by atoms with E-state index in [1.807, 2.05) is 0 Å². The van der Waals surface area contributed by atoms with E-state index in [1.54, 1.807) is 0 Å². The first-order valence-electron chi connectivity index (χ1n) is 3.44. The maximum atomic E-state index is 11.3. The van der Waals surface area contributed by atoms with Crippen molar-refractivity contribution in [2.45, 2.75) is 3.41 Å². The normalized spacial score (nSPS) is 14.4. The Morgan fingerprint density at radius 3 is 1.25 bits per heavy atom. The molecule has 0 aliphatic rings. The summed E-state index contributed by atoms with van der Waals surface area (Å²) in [5.41, 5.74) is 0. The average Bonchev–Trinajstić information content (AvgIpc) is 2.14. The van der Waals surface area contributed by atoms with Gasteiger partial charge in [-0.2, -0.15) is 8.42 Å². The Morgan fingerprint density at radius 2 is 1.12 bits per heavy atom. The fourth-order valence-electron chi connectivity index (χ4n) is 0.709. The van der Waals surface area contributed by atoms with E-state index in [9.17, 15) is 25.3 Å². The lowest BCUT2D eigenvalue weighted by Crippen LogP contribution is -2.48.